The summed E-state index contributed by atoms with van der Waals surface area (Å²) in [5, 5.41) is 16.7. The van der Waals surface area contributed by atoms with Crippen LogP contribution in [0, 0.1) is 0 Å². The van der Waals surface area contributed by atoms with Gasteiger partial charge in [0.15, 0.2) is 0 Å². The third-order valence-corrected chi connectivity index (χ3v) is 0.899. The molecule has 0 aromatic rings. The number of aliphatic hydroxyl groups excluding tert-OH is 2. The standard InChI is InChI=1S/C7H12O2/c1-7(4-6-9)3-2-5-8/h2-4,8-9H,5-6H2,1H3/b3-2+,7-4-. The average molecular weight is 128 g/mol. The molecule has 0 aliphatic carbocycles. The van der Waals surface area contributed by atoms with E-state index >= 15 is 0 Å². The monoisotopic (exact) mass is 128 g/mol. The van der Waals surface area contributed by atoms with Gasteiger partial charge in [-0.25, -0.2) is 0 Å². The van der Waals surface area contributed by atoms with E-state index < -0.39 is 0 Å². The zero-order valence-electron chi connectivity index (χ0n) is 5.54. The topological polar surface area (TPSA) is 40.5 Å². The van der Waals surface area contributed by atoms with Gasteiger partial charge in [-0.3, -0.25) is 0 Å². The molecule has 0 amide bonds. The van der Waals surface area contributed by atoms with E-state index in [2.05, 4.69) is 0 Å². The molecule has 0 aliphatic rings. The number of hydrogen-bond acceptors (Lipinski definition) is 2. The summed E-state index contributed by atoms with van der Waals surface area (Å²) in [6.45, 7) is 1.97. The first kappa shape index (κ1) is 8.40. The predicted octanol–water partition coefficient (Wildman–Crippen LogP) is 0.474. The SMILES string of the molecule is CC(=C/CO)/C=C/CO. The van der Waals surface area contributed by atoms with Crippen LogP contribution in [0.2, 0.25) is 0 Å². The van der Waals surface area contributed by atoms with Crippen LogP contribution in [0.25, 0.3) is 0 Å². The summed E-state index contributed by atoms with van der Waals surface area (Å²) in [6, 6.07) is 0. The Balaban J connectivity index is 3.60. The second-order valence-corrected chi connectivity index (χ2v) is 1.72. The summed E-state index contributed by atoms with van der Waals surface area (Å²) >= 11 is 0. The Hall–Kier alpha value is -0.600. The molecule has 0 bridgehead atoms. The minimum absolute atomic E-state index is 0.0522. The molecule has 2 nitrogen and oxygen atoms in total. The highest BCUT2D eigenvalue weighted by Crippen LogP contribution is 1.91. The van der Waals surface area contributed by atoms with Crippen molar-refractivity contribution in [1.29, 1.82) is 0 Å². The maximum atomic E-state index is 8.36. The van der Waals surface area contributed by atoms with Crippen molar-refractivity contribution >= 4 is 0 Å². The maximum Gasteiger partial charge on any atom is 0.0617 e. The molecule has 0 aromatic heterocycles. The molecule has 0 radical (unpaired) electrons. The van der Waals surface area contributed by atoms with Gasteiger partial charge in [0.05, 0.1) is 13.2 Å². The van der Waals surface area contributed by atoms with Crippen LogP contribution in [-0.4, -0.2) is 23.4 Å². The van der Waals surface area contributed by atoms with Crippen molar-refractivity contribution in [3.8, 4) is 0 Å². The number of aliphatic hydroxyl groups is 2. The summed E-state index contributed by atoms with van der Waals surface area (Å²) < 4.78 is 0. The summed E-state index contributed by atoms with van der Waals surface area (Å²) in [5.74, 6) is 0. The van der Waals surface area contributed by atoms with Crippen molar-refractivity contribution in [1.82, 2.24) is 0 Å². The Bertz CT molecular complexity index is 114. The molecule has 0 saturated heterocycles. The predicted molar refractivity (Wildman–Crippen MR) is 37.1 cm³/mol. The molecule has 0 spiro atoms. The Morgan fingerprint density at radius 3 is 2.44 bits per heavy atom. The number of rotatable bonds is 3. The van der Waals surface area contributed by atoms with Gasteiger partial charge in [-0.1, -0.05) is 23.8 Å². The third-order valence-electron chi connectivity index (χ3n) is 0.899. The molecular formula is C7H12O2. The lowest BCUT2D eigenvalue weighted by Crippen LogP contribution is -1.77. The highest BCUT2D eigenvalue weighted by atomic mass is 16.3. The van der Waals surface area contributed by atoms with Gasteiger partial charge in [-0.15, -0.1) is 0 Å². The molecule has 9 heavy (non-hydrogen) atoms. The van der Waals surface area contributed by atoms with Gasteiger partial charge in [0.25, 0.3) is 0 Å². The van der Waals surface area contributed by atoms with Crippen LogP contribution in [0.1, 0.15) is 6.92 Å². The van der Waals surface area contributed by atoms with Crippen LogP contribution in [0.15, 0.2) is 23.8 Å². The maximum absolute atomic E-state index is 8.36. The normalized spacial score (nSPS) is 13.0. The Labute approximate surface area is 55.1 Å². The molecule has 0 rings (SSSR count). The molecule has 0 saturated carbocycles. The van der Waals surface area contributed by atoms with Gasteiger partial charge in [0, 0.05) is 0 Å². The fourth-order valence-electron chi connectivity index (χ4n) is 0.451. The van der Waals surface area contributed by atoms with Crippen LogP contribution in [0.5, 0.6) is 0 Å². The highest BCUT2D eigenvalue weighted by molar-refractivity contribution is 5.15. The fourth-order valence-corrected chi connectivity index (χ4v) is 0.451. The first-order valence-electron chi connectivity index (χ1n) is 2.86. The van der Waals surface area contributed by atoms with E-state index in [9.17, 15) is 0 Å². The van der Waals surface area contributed by atoms with Crippen molar-refractivity contribution in [3.05, 3.63) is 23.8 Å². The summed E-state index contributed by atoms with van der Waals surface area (Å²) in [6.07, 6.45) is 5.06. The molecule has 2 heteroatoms. The van der Waals surface area contributed by atoms with E-state index in [-0.39, 0.29) is 13.2 Å². The second-order valence-electron chi connectivity index (χ2n) is 1.72. The highest BCUT2D eigenvalue weighted by Gasteiger charge is 1.76. The lowest BCUT2D eigenvalue weighted by molar-refractivity contribution is 0.340. The van der Waals surface area contributed by atoms with E-state index in [4.69, 9.17) is 10.2 Å². The van der Waals surface area contributed by atoms with Gasteiger partial charge in [0.2, 0.25) is 0 Å². The molecule has 0 heterocycles. The second kappa shape index (κ2) is 5.54. The van der Waals surface area contributed by atoms with E-state index in [1.807, 2.05) is 6.92 Å². The molecule has 0 atom stereocenters. The summed E-state index contributed by atoms with van der Waals surface area (Å²) in [7, 11) is 0. The van der Waals surface area contributed by atoms with Crippen LogP contribution in [0.4, 0.5) is 0 Å². The molecule has 52 valence electrons. The quantitative estimate of drug-likeness (QED) is 0.542. The van der Waals surface area contributed by atoms with Crippen LogP contribution in [0.3, 0.4) is 0 Å². The minimum atomic E-state index is 0.0522. The fraction of sp³-hybridized carbons (Fsp3) is 0.429. The lowest BCUT2D eigenvalue weighted by Gasteiger charge is -1.86. The summed E-state index contributed by atoms with van der Waals surface area (Å²) in [5.41, 5.74) is 0.964. The van der Waals surface area contributed by atoms with Crippen LogP contribution >= 0.6 is 0 Å². The average Bonchev–Trinajstić information content (AvgIpc) is 1.85. The molecule has 2 N–H and O–H groups in total. The Kier molecular flexibility index (Phi) is 5.17. The third kappa shape index (κ3) is 5.27. The van der Waals surface area contributed by atoms with Gasteiger partial charge < -0.3 is 10.2 Å². The van der Waals surface area contributed by atoms with E-state index in [0.717, 1.165) is 5.57 Å². The Morgan fingerprint density at radius 2 is 2.00 bits per heavy atom. The number of hydrogen-bond donors (Lipinski definition) is 2. The zero-order chi connectivity index (χ0) is 7.11. The Morgan fingerprint density at radius 1 is 1.33 bits per heavy atom. The van der Waals surface area contributed by atoms with E-state index in [1.54, 1.807) is 18.2 Å². The van der Waals surface area contributed by atoms with Gasteiger partial charge in [-0.05, 0) is 6.92 Å². The number of allylic oxidation sites excluding steroid dienone is 2. The largest absolute Gasteiger partial charge is 0.392 e. The van der Waals surface area contributed by atoms with Crippen molar-refractivity contribution in [2.24, 2.45) is 0 Å². The first-order chi connectivity index (χ1) is 4.31. The molecule has 0 unspecified atom stereocenters. The van der Waals surface area contributed by atoms with E-state index in [0.29, 0.717) is 0 Å². The minimum Gasteiger partial charge on any atom is -0.392 e. The summed E-state index contributed by atoms with van der Waals surface area (Å²) in [4.78, 5) is 0. The molecule has 0 aromatic carbocycles. The van der Waals surface area contributed by atoms with Crippen LogP contribution in [-0.2, 0) is 0 Å². The smallest absolute Gasteiger partial charge is 0.0617 e. The van der Waals surface area contributed by atoms with Crippen molar-refractivity contribution < 1.29 is 10.2 Å². The van der Waals surface area contributed by atoms with Crippen molar-refractivity contribution in [3.63, 3.8) is 0 Å². The zero-order valence-corrected chi connectivity index (χ0v) is 5.54. The van der Waals surface area contributed by atoms with Crippen molar-refractivity contribution in [2.45, 2.75) is 6.92 Å². The molecule has 0 fully saturated rings. The van der Waals surface area contributed by atoms with Gasteiger partial charge >= 0.3 is 0 Å². The van der Waals surface area contributed by atoms with Gasteiger partial charge in [-0.2, -0.15) is 0 Å². The van der Waals surface area contributed by atoms with Gasteiger partial charge in [0.1, 0.15) is 0 Å². The van der Waals surface area contributed by atoms with Crippen molar-refractivity contribution in [2.75, 3.05) is 13.2 Å². The van der Waals surface area contributed by atoms with E-state index in [1.165, 1.54) is 0 Å². The lowest BCUT2D eigenvalue weighted by atomic mass is 10.2. The molecule has 0 aliphatic heterocycles. The molecular weight excluding hydrogens is 116 g/mol. The first-order valence-corrected chi connectivity index (χ1v) is 2.86. The van der Waals surface area contributed by atoms with Crippen LogP contribution < -0.4 is 0 Å².